The lowest BCUT2D eigenvalue weighted by Crippen LogP contribution is -2.51. The van der Waals surface area contributed by atoms with Crippen LogP contribution < -0.4 is 0 Å². The summed E-state index contributed by atoms with van der Waals surface area (Å²) in [5, 5.41) is 31.4. The molecule has 4 aliphatic rings. The summed E-state index contributed by atoms with van der Waals surface area (Å²) in [7, 11) is 0. The number of aliphatic hydroxyl groups excluding tert-OH is 2. The Morgan fingerprint density at radius 3 is 2.51 bits per heavy atom. The van der Waals surface area contributed by atoms with E-state index in [0.29, 0.717) is 30.1 Å². The molecule has 5 heteroatoms. The second kappa shape index (κ2) is 9.76. The zero-order valence-electron chi connectivity index (χ0n) is 22.9. The van der Waals surface area contributed by atoms with Crippen molar-refractivity contribution in [1.29, 1.82) is 0 Å². The Bertz CT molecular complexity index is 814. The van der Waals surface area contributed by atoms with Crippen molar-refractivity contribution in [2.75, 3.05) is 6.61 Å². The van der Waals surface area contributed by atoms with Crippen molar-refractivity contribution < 1.29 is 24.9 Å². The molecule has 0 aromatic carbocycles. The highest BCUT2D eigenvalue weighted by Gasteiger charge is 2.59. The number of allylic oxidation sites excluding steroid dienone is 1. The lowest BCUT2D eigenvalue weighted by molar-refractivity contribution is -0.148. The Balaban J connectivity index is 1.48. The van der Waals surface area contributed by atoms with E-state index in [-0.39, 0.29) is 41.3 Å². The molecule has 3 saturated carbocycles. The molecule has 4 aliphatic carbocycles. The van der Waals surface area contributed by atoms with Crippen LogP contribution in [0.5, 0.6) is 0 Å². The van der Waals surface area contributed by atoms with E-state index >= 15 is 0 Å². The summed E-state index contributed by atoms with van der Waals surface area (Å²) in [5.41, 5.74) is 0.998. The van der Waals surface area contributed by atoms with Crippen LogP contribution in [0.25, 0.3) is 0 Å². The van der Waals surface area contributed by atoms with Crippen LogP contribution in [0.4, 0.5) is 0 Å². The minimum Gasteiger partial charge on any atom is -0.462 e. The Hall–Kier alpha value is -0.910. The summed E-state index contributed by atoms with van der Waals surface area (Å²) in [6.45, 7) is 12.0. The maximum absolute atomic E-state index is 11.5. The number of rotatable bonds is 7. The molecule has 0 spiro atoms. The fraction of sp³-hybridized carbons (Fsp3) is 0.900. The van der Waals surface area contributed by atoms with Crippen molar-refractivity contribution in [1.82, 2.24) is 0 Å². The fourth-order valence-electron chi connectivity index (χ4n) is 9.23. The van der Waals surface area contributed by atoms with Crippen LogP contribution >= 0.6 is 0 Å². The molecule has 4 rings (SSSR count). The molecule has 200 valence electrons. The van der Waals surface area contributed by atoms with Gasteiger partial charge >= 0.3 is 5.97 Å². The second-order valence-corrected chi connectivity index (χ2v) is 13.7. The molecule has 0 amide bonds. The minimum atomic E-state index is -0.994. The Morgan fingerprint density at radius 1 is 1.17 bits per heavy atom. The molecular weight excluding hydrogens is 440 g/mol. The van der Waals surface area contributed by atoms with Gasteiger partial charge < -0.3 is 20.1 Å². The van der Waals surface area contributed by atoms with E-state index in [1.807, 2.05) is 0 Å². The number of carbonyl (C=O) groups excluding carboxylic acids is 1. The summed E-state index contributed by atoms with van der Waals surface area (Å²) in [6, 6.07) is 0. The summed E-state index contributed by atoms with van der Waals surface area (Å²) in [6.07, 6.45) is 11.5. The first kappa shape index (κ1) is 27.1. The topological polar surface area (TPSA) is 87.0 Å². The largest absolute Gasteiger partial charge is 0.462 e. The maximum Gasteiger partial charge on any atom is 0.302 e. The van der Waals surface area contributed by atoms with E-state index in [4.69, 9.17) is 4.74 Å². The van der Waals surface area contributed by atoms with Gasteiger partial charge in [-0.3, -0.25) is 4.79 Å². The summed E-state index contributed by atoms with van der Waals surface area (Å²) in [4.78, 5) is 11.5. The van der Waals surface area contributed by atoms with Crippen LogP contribution in [-0.4, -0.2) is 45.7 Å². The lowest BCUT2D eigenvalue weighted by atomic mass is 9.47. The second-order valence-electron chi connectivity index (χ2n) is 13.7. The molecule has 3 fully saturated rings. The first-order valence-corrected chi connectivity index (χ1v) is 14.2. The van der Waals surface area contributed by atoms with Crippen LogP contribution in [0.15, 0.2) is 11.6 Å². The van der Waals surface area contributed by atoms with Gasteiger partial charge in [0.15, 0.2) is 0 Å². The minimum absolute atomic E-state index is 0.0436. The number of hydrogen-bond acceptors (Lipinski definition) is 5. The first-order valence-electron chi connectivity index (χ1n) is 14.2. The molecule has 0 aromatic rings. The predicted octanol–water partition coefficient (Wildman–Crippen LogP) is 5.26. The predicted molar refractivity (Wildman–Crippen MR) is 137 cm³/mol. The van der Waals surface area contributed by atoms with Gasteiger partial charge in [-0.15, -0.1) is 0 Å². The zero-order valence-corrected chi connectivity index (χ0v) is 22.9. The Kier molecular flexibility index (Phi) is 7.57. The lowest BCUT2D eigenvalue weighted by Gasteiger charge is -2.58. The van der Waals surface area contributed by atoms with Crippen LogP contribution in [0.3, 0.4) is 0 Å². The first-order chi connectivity index (χ1) is 16.3. The molecule has 10 atom stereocenters. The van der Waals surface area contributed by atoms with Crippen molar-refractivity contribution in [3.63, 3.8) is 0 Å². The third kappa shape index (κ3) is 4.86. The molecule has 0 heterocycles. The number of aliphatic hydroxyl groups is 3. The normalized spacial score (nSPS) is 41.6. The highest BCUT2D eigenvalue weighted by atomic mass is 16.5. The SMILES string of the molecule is CC(=O)OC1CCC2(C)C(=CCC3C2CCC2(C)C(C(C)C(O)CC(CO)C(C)(C)O)CCC32)C1. The highest BCUT2D eigenvalue weighted by molar-refractivity contribution is 5.66. The van der Waals surface area contributed by atoms with Gasteiger partial charge in [-0.25, -0.2) is 0 Å². The van der Waals surface area contributed by atoms with Gasteiger partial charge in [0.25, 0.3) is 0 Å². The molecule has 3 N–H and O–H groups in total. The molecule has 5 nitrogen and oxygen atoms in total. The molecule has 0 saturated heterocycles. The van der Waals surface area contributed by atoms with E-state index in [1.165, 1.54) is 31.8 Å². The van der Waals surface area contributed by atoms with Gasteiger partial charge in [0.05, 0.1) is 11.7 Å². The van der Waals surface area contributed by atoms with Crippen molar-refractivity contribution in [3.8, 4) is 0 Å². The monoisotopic (exact) mass is 490 g/mol. The van der Waals surface area contributed by atoms with Crippen LogP contribution in [0.2, 0.25) is 0 Å². The van der Waals surface area contributed by atoms with Gasteiger partial charge in [0.2, 0.25) is 0 Å². The fourth-order valence-corrected chi connectivity index (χ4v) is 9.23. The average Bonchev–Trinajstić information content (AvgIpc) is 3.13. The van der Waals surface area contributed by atoms with E-state index in [1.54, 1.807) is 13.8 Å². The van der Waals surface area contributed by atoms with Gasteiger partial charge in [0, 0.05) is 25.9 Å². The van der Waals surface area contributed by atoms with Gasteiger partial charge in [0.1, 0.15) is 6.10 Å². The van der Waals surface area contributed by atoms with Gasteiger partial charge in [-0.1, -0.05) is 32.4 Å². The van der Waals surface area contributed by atoms with Crippen molar-refractivity contribution in [2.24, 2.45) is 46.3 Å². The number of ether oxygens (including phenoxy) is 1. The molecule has 0 bridgehead atoms. The maximum atomic E-state index is 11.5. The standard InChI is InChI=1S/C30H50O5/c1-18(27(33)16-21(17-31)28(3,4)34)24-9-10-25-23-8-7-20-15-22(35-19(2)32)11-13-29(20,5)26(23)12-14-30(24,25)6/h7,18,21-27,31,33-34H,8-17H2,1-6H3. The molecule has 0 radical (unpaired) electrons. The molecule has 0 aliphatic heterocycles. The van der Waals surface area contributed by atoms with Crippen LogP contribution in [-0.2, 0) is 9.53 Å². The quantitative estimate of drug-likeness (QED) is 0.335. The van der Waals surface area contributed by atoms with Gasteiger partial charge in [-0.05, 0) is 106 Å². The van der Waals surface area contributed by atoms with Gasteiger partial charge in [-0.2, -0.15) is 0 Å². The van der Waals surface area contributed by atoms with E-state index < -0.39 is 11.7 Å². The van der Waals surface area contributed by atoms with E-state index in [0.717, 1.165) is 32.1 Å². The number of esters is 1. The van der Waals surface area contributed by atoms with E-state index in [9.17, 15) is 20.1 Å². The third-order valence-electron chi connectivity index (χ3n) is 11.5. The Labute approximate surface area is 212 Å². The number of carbonyl (C=O) groups is 1. The van der Waals surface area contributed by atoms with Crippen molar-refractivity contribution in [2.45, 2.75) is 117 Å². The smallest absolute Gasteiger partial charge is 0.302 e. The van der Waals surface area contributed by atoms with E-state index in [2.05, 4.69) is 26.8 Å². The number of fused-ring (bicyclic) bond motifs is 5. The summed E-state index contributed by atoms with van der Waals surface area (Å²) < 4.78 is 5.59. The average molecular weight is 491 g/mol. The zero-order chi connectivity index (χ0) is 25.8. The summed E-state index contributed by atoms with van der Waals surface area (Å²) >= 11 is 0. The summed E-state index contributed by atoms with van der Waals surface area (Å²) in [5.74, 6) is 2.23. The third-order valence-corrected chi connectivity index (χ3v) is 11.5. The van der Waals surface area contributed by atoms with Crippen molar-refractivity contribution >= 4 is 5.97 Å². The van der Waals surface area contributed by atoms with Crippen LogP contribution in [0, 0.1) is 46.3 Å². The van der Waals surface area contributed by atoms with Crippen molar-refractivity contribution in [3.05, 3.63) is 11.6 Å². The molecular formula is C30H50O5. The number of hydrogen-bond donors (Lipinski definition) is 3. The molecule has 10 unspecified atom stereocenters. The molecule has 0 aromatic heterocycles. The van der Waals surface area contributed by atoms with Crippen LogP contribution in [0.1, 0.15) is 99.3 Å². The highest BCUT2D eigenvalue weighted by Crippen LogP contribution is 2.67. The molecule has 35 heavy (non-hydrogen) atoms. The Morgan fingerprint density at radius 2 is 1.89 bits per heavy atom.